The van der Waals surface area contributed by atoms with Gasteiger partial charge in [-0.2, -0.15) is 0 Å². The summed E-state index contributed by atoms with van der Waals surface area (Å²) in [6.07, 6.45) is 3.61. The van der Waals surface area contributed by atoms with E-state index in [4.69, 9.17) is 23.2 Å². The Morgan fingerprint density at radius 2 is 2.33 bits per heavy atom. The molecule has 2 nitrogen and oxygen atoms in total. The van der Waals surface area contributed by atoms with Gasteiger partial charge in [-0.25, -0.2) is 9.97 Å². The van der Waals surface area contributed by atoms with Crippen molar-refractivity contribution in [1.29, 1.82) is 0 Å². The fourth-order valence-electron chi connectivity index (χ4n) is 0.604. The highest BCUT2D eigenvalue weighted by Crippen LogP contribution is 2.07. The van der Waals surface area contributed by atoms with Gasteiger partial charge in [-0.1, -0.05) is 23.4 Å². The number of aromatic nitrogens is 2. The molecule has 0 radical (unpaired) electrons. The summed E-state index contributed by atoms with van der Waals surface area (Å²) in [5, 5.41) is 0.382. The van der Waals surface area contributed by atoms with E-state index >= 15 is 0 Å². The second-order valence-corrected chi connectivity index (χ2v) is 2.70. The molecule has 0 fully saturated rings. The molecular formula is C8H6Cl2N2. The van der Waals surface area contributed by atoms with Crippen LogP contribution in [0.4, 0.5) is 0 Å². The van der Waals surface area contributed by atoms with Crippen molar-refractivity contribution < 1.29 is 0 Å². The van der Waals surface area contributed by atoms with E-state index in [2.05, 4.69) is 21.8 Å². The Morgan fingerprint density at radius 1 is 1.50 bits per heavy atom. The maximum atomic E-state index is 5.72. The number of alkyl halides is 1. The Bertz CT molecular complexity index is 314. The molecule has 0 aliphatic heterocycles. The molecule has 0 unspecified atom stereocenters. The lowest BCUT2D eigenvalue weighted by molar-refractivity contribution is 1.15. The van der Waals surface area contributed by atoms with Crippen molar-refractivity contribution in [2.75, 3.05) is 5.88 Å². The van der Waals surface area contributed by atoms with Crippen LogP contribution in [0.3, 0.4) is 0 Å². The Morgan fingerprint density at radius 3 is 3.00 bits per heavy atom. The molecule has 1 aromatic rings. The molecule has 1 rings (SSSR count). The molecule has 62 valence electrons. The van der Waals surface area contributed by atoms with E-state index in [1.807, 2.05) is 0 Å². The highest BCUT2D eigenvalue weighted by molar-refractivity contribution is 6.30. The molecule has 1 aromatic heterocycles. The summed E-state index contributed by atoms with van der Waals surface area (Å²) in [6.45, 7) is 0. The van der Waals surface area contributed by atoms with Gasteiger partial charge in [0.2, 0.25) is 0 Å². The van der Waals surface area contributed by atoms with Crippen LogP contribution in [0.1, 0.15) is 12.0 Å². The second kappa shape index (κ2) is 4.97. The van der Waals surface area contributed by atoms with E-state index in [-0.39, 0.29) is 0 Å². The van der Waals surface area contributed by atoms with Crippen LogP contribution in [0, 0.1) is 11.8 Å². The maximum absolute atomic E-state index is 5.72. The topological polar surface area (TPSA) is 25.8 Å². The summed E-state index contributed by atoms with van der Waals surface area (Å²) in [4.78, 5) is 7.57. The highest BCUT2D eigenvalue weighted by atomic mass is 35.5. The van der Waals surface area contributed by atoms with Gasteiger partial charge < -0.3 is 0 Å². The molecule has 0 saturated carbocycles. The summed E-state index contributed by atoms with van der Waals surface area (Å²) >= 11 is 11.2. The van der Waals surface area contributed by atoms with E-state index in [1.54, 1.807) is 6.20 Å². The zero-order valence-electron chi connectivity index (χ0n) is 6.22. The number of halogens is 2. The van der Waals surface area contributed by atoms with Gasteiger partial charge in [0.15, 0.2) is 0 Å². The lowest BCUT2D eigenvalue weighted by Crippen LogP contribution is -1.83. The van der Waals surface area contributed by atoms with Gasteiger partial charge in [0, 0.05) is 18.5 Å². The van der Waals surface area contributed by atoms with Crippen molar-refractivity contribution >= 4 is 23.2 Å². The smallest absolute Gasteiger partial charge is 0.148 e. The molecule has 0 N–H and O–H groups in total. The summed E-state index contributed by atoms with van der Waals surface area (Å²) < 4.78 is 0. The summed E-state index contributed by atoms with van der Waals surface area (Å²) in [6, 6.07) is 0. The molecule has 4 heteroatoms. The first-order valence-corrected chi connectivity index (χ1v) is 4.26. The van der Waals surface area contributed by atoms with Gasteiger partial charge in [0.25, 0.3) is 0 Å². The van der Waals surface area contributed by atoms with Crippen LogP contribution < -0.4 is 0 Å². The average Bonchev–Trinajstić information content (AvgIpc) is 2.09. The fraction of sp³-hybridized carbons (Fsp3) is 0.250. The first-order valence-electron chi connectivity index (χ1n) is 3.35. The van der Waals surface area contributed by atoms with Crippen LogP contribution in [0.25, 0.3) is 0 Å². The molecule has 0 saturated heterocycles. The summed E-state index contributed by atoms with van der Waals surface area (Å²) in [5.41, 5.74) is 0.643. The lowest BCUT2D eigenvalue weighted by atomic mass is 10.3. The molecule has 0 aliphatic rings. The first kappa shape index (κ1) is 9.31. The normalized spacial score (nSPS) is 8.83. The standard InChI is InChI=1S/C8H6Cl2N2/c9-4-2-1-3-7-5-11-6-12-8(7)10/h5-6H,2,4H2. The van der Waals surface area contributed by atoms with Crippen LogP contribution in [0.5, 0.6) is 0 Å². The van der Waals surface area contributed by atoms with E-state index < -0.39 is 0 Å². The van der Waals surface area contributed by atoms with Gasteiger partial charge in [-0.15, -0.1) is 11.6 Å². The third kappa shape index (κ3) is 2.69. The van der Waals surface area contributed by atoms with Crippen LogP contribution in [-0.2, 0) is 0 Å². The fourth-order valence-corrected chi connectivity index (χ4v) is 0.838. The average molecular weight is 201 g/mol. The van der Waals surface area contributed by atoms with Crippen molar-refractivity contribution in [3.05, 3.63) is 23.2 Å². The van der Waals surface area contributed by atoms with E-state index in [0.29, 0.717) is 23.0 Å². The second-order valence-electron chi connectivity index (χ2n) is 1.97. The Hall–Kier alpha value is -0.780. The number of hydrogen-bond acceptors (Lipinski definition) is 2. The number of hydrogen-bond donors (Lipinski definition) is 0. The highest BCUT2D eigenvalue weighted by Gasteiger charge is 1.94. The molecule has 0 aromatic carbocycles. The largest absolute Gasteiger partial charge is 0.243 e. The van der Waals surface area contributed by atoms with Crippen LogP contribution >= 0.6 is 23.2 Å². The van der Waals surface area contributed by atoms with Gasteiger partial charge in [-0.05, 0) is 0 Å². The van der Waals surface area contributed by atoms with Gasteiger partial charge in [0.1, 0.15) is 11.5 Å². The molecule has 0 amide bonds. The van der Waals surface area contributed by atoms with E-state index in [0.717, 1.165) is 0 Å². The Labute approximate surface area is 80.9 Å². The van der Waals surface area contributed by atoms with Crippen molar-refractivity contribution in [2.45, 2.75) is 6.42 Å². The maximum Gasteiger partial charge on any atom is 0.148 e. The van der Waals surface area contributed by atoms with Gasteiger partial charge in [-0.3, -0.25) is 0 Å². The minimum atomic E-state index is 0.382. The molecule has 12 heavy (non-hydrogen) atoms. The van der Waals surface area contributed by atoms with Crippen molar-refractivity contribution in [3.8, 4) is 11.8 Å². The minimum absolute atomic E-state index is 0.382. The molecular weight excluding hydrogens is 195 g/mol. The SMILES string of the molecule is ClCCC#Cc1cncnc1Cl. The first-order chi connectivity index (χ1) is 5.84. The van der Waals surface area contributed by atoms with Gasteiger partial charge in [0.05, 0.1) is 5.56 Å². The van der Waals surface area contributed by atoms with Gasteiger partial charge >= 0.3 is 0 Å². The molecule has 1 heterocycles. The van der Waals surface area contributed by atoms with Crippen LogP contribution in [0.15, 0.2) is 12.5 Å². The third-order valence-electron chi connectivity index (χ3n) is 1.11. The van der Waals surface area contributed by atoms with E-state index in [1.165, 1.54) is 6.33 Å². The Balaban J connectivity index is 2.77. The van der Waals surface area contributed by atoms with Crippen LogP contribution in [-0.4, -0.2) is 15.8 Å². The Kier molecular flexibility index (Phi) is 3.86. The molecule has 0 aliphatic carbocycles. The summed E-state index contributed by atoms with van der Waals surface area (Å²) in [5.74, 6) is 6.19. The molecule has 0 atom stereocenters. The van der Waals surface area contributed by atoms with Crippen molar-refractivity contribution in [3.63, 3.8) is 0 Å². The molecule has 0 spiro atoms. The zero-order chi connectivity index (χ0) is 8.81. The quantitative estimate of drug-likeness (QED) is 0.395. The van der Waals surface area contributed by atoms with Crippen molar-refractivity contribution in [2.24, 2.45) is 0 Å². The third-order valence-corrected chi connectivity index (χ3v) is 1.60. The number of nitrogens with zero attached hydrogens (tertiary/aromatic N) is 2. The van der Waals surface area contributed by atoms with Crippen molar-refractivity contribution in [1.82, 2.24) is 9.97 Å². The predicted molar refractivity (Wildman–Crippen MR) is 49.3 cm³/mol. The lowest BCUT2D eigenvalue weighted by Gasteiger charge is -1.90. The molecule has 0 bridgehead atoms. The zero-order valence-corrected chi connectivity index (χ0v) is 7.73. The van der Waals surface area contributed by atoms with Crippen LogP contribution in [0.2, 0.25) is 5.15 Å². The monoisotopic (exact) mass is 200 g/mol. The number of rotatable bonds is 1. The predicted octanol–water partition coefficient (Wildman–Crippen LogP) is 2.11. The minimum Gasteiger partial charge on any atom is -0.243 e. The summed E-state index contributed by atoms with van der Waals surface area (Å²) in [7, 11) is 0. The van der Waals surface area contributed by atoms with E-state index in [9.17, 15) is 0 Å².